The van der Waals surface area contributed by atoms with E-state index >= 15 is 0 Å². The molecule has 2 N–H and O–H groups in total. The Kier molecular flexibility index (Phi) is 14.6. The number of aliphatic hydroxyl groups excluding tert-OH is 2. The molecule has 0 radical (unpaired) electrons. The van der Waals surface area contributed by atoms with Crippen molar-refractivity contribution in [1.29, 1.82) is 0 Å². The second-order valence-corrected chi connectivity index (χ2v) is 2.79. The molecule has 0 atom stereocenters. The van der Waals surface area contributed by atoms with Gasteiger partial charge in [0.25, 0.3) is 0 Å². The molecule has 0 aliphatic carbocycles. The van der Waals surface area contributed by atoms with Crippen LogP contribution in [0.4, 0.5) is 0 Å². The van der Waals surface area contributed by atoms with Crippen molar-refractivity contribution in [3.05, 3.63) is 23.7 Å². The number of ketones is 2. The summed E-state index contributed by atoms with van der Waals surface area (Å²) in [6.45, 7) is 5.70. The van der Waals surface area contributed by atoms with Crippen LogP contribution in [0.15, 0.2) is 23.7 Å². The molecule has 0 amide bonds. The molecule has 0 aliphatic rings. The van der Waals surface area contributed by atoms with Crippen LogP contribution in [0.2, 0.25) is 0 Å². The summed E-state index contributed by atoms with van der Waals surface area (Å²) in [7, 11) is 0. The smallest absolute Gasteiger partial charge is 0.155 e. The second kappa shape index (κ2) is 11.2. The van der Waals surface area contributed by atoms with Crippen LogP contribution >= 0.6 is 0 Å². The molecule has 4 nitrogen and oxygen atoms in total. The Morgan fingerprint density at radius 3 is 1.00 bits per heavy atom. The van der Waals surface area contributed by atoms with E-state index in [4.69, 9.17) is 10.2 Å². The molecule has 0 saturated heterocycles. The molecule has 5 heteroatoms. The summed E-state index contributed by atoms with van der Waals surface area (Å²) < 4.78 is 0. The zero-order chi connectivity index (χ0) is 11.7. The molecule has 0 fully saturated rings. The zero-order valence-corrected chi connectivity index (χ0v) is 10.7. The van der Waals surface area contributed by atoms with Gasteiger partial charge in [0, 0.05) is 32.6 Å². The quantitative estimate of drug-likeness (QED) is 0.465. The minimum absolute atomic E-state index is 0. The van der Waals surface area contributed by atoms with E-state index in [1.807, 2.05) is 0 Å². The van der Waals surface area contributed by atoms with Gasteiger partial charge < -0.3 is 10.2 Å². The fourth-order valence-corrected chi connectivity index (χ4v) is 0.588. The summed E-state index contributed by atoms with van der Waals surface area (Å²) in [6, 6.07) is 0. The minimum atomic E-state index is -0.125. The van der Waals surface area contributed by atoms with Gasteiger partial charge in [-0.25, -0.2) is 0 Å². The summed E-state index contributed by atoms with van der Waals surface area (Å²) in [5, 5.41) is 16.7. The third-order valence-corrected chi connectivity index (χ3v) is 0.824. The van der Waals surface area contributed by atoms with E-state index in [9.17, 15) is 9.59 Å². The van der Waals surface area contributed by atoms with Gasteiger partial charge in [-0.2, -0.15) is 0 Å². The number of hydrogen-bond acceptors (Lipinski definition) is 4. The summed E-state index contributed by atoms with van der Waals surface area (Å²) in [6.07, 6.45) is 2.33. The molecular weight excluding hydrogens is 291 g/mol. The molecule has 0 saturated carbocycles. The van der Waals surface area contributed by atoms with Crippen LogP contribution in [0.3, 0.4) is 0 Å². The summed E-state index contributed by atoms with van der Waals surface area (Å²) in [5.41, 5.74) is 0. The molecule has 0 spiro atoms. The Morgan fingerprint density at radius 2 is 1.00 bits per heavy atom. The minimum Gasteiger partial charge on any atom is -0.512 e. The molecule has 0 aromatic heterocycles. The summed E-state index contributed by atoms with van der Waals surface area (Å²) >= 11 is 0. The van der Waals surface area contributed by atoms with Gasteiger partial charge in [-0.05, 0) is 27.7 Å². The Hall–Kier alpha value is -0.918. The standard InChI is InChI=1S/2C5H8O2.Pd/c2*1-4(6)3-5(2)7;/h2*3,6H,1-2H3;. The van der Waals surface area contributed by atoms with E-state index < -0.39 is 0 Å². The molecule has 0 bridgehead atoms. The fourth-order valence-electron chi connectivity index (χ4n) is 0.588. The van der Waals surface area contributed by atoms with Gasteiger partial charge in [0.15, 0.2) is 11.6 Å². The molecule has 0 heterocycles. The van der Waals surface area contributed by atoms with E-state index in [1.165, 1.54) is 39.8 Å². The van der Waals surface area contributed by atoms with Crippen molar-refractivity contribution in [1.82, 2.24) is 0 Å². The van der Waals surface area contributed by atoms with Crippen LogP contribution in [-0.2, 0) is 30.0 Å². The molecule has 0 rings (SSSR count). The van der Waals surface area contributed by atoms with Crippen molar-refractivity contribution in [3.63, 3.8) is 0 Å². The zero-order valence-electron chi connectivity index (χ0n) is 9.18. The topological polar surface area (TPSA) is 74.6 Å². The van der Waals surface area contributed by atoms with Crippen molar-refractivity contribution >= 4 is 11.6 Å². The van der Waals surface area contributed by atoms with Gasteiger partial charge in [0.1, 0.15) is 0 Å². The SMILES string of the molecule is CC(=O)C=C(C)O.CC(=O)C=C(C)O.[Pd]. The van der Waals surface area contributed by atoms with E-state index in [0.717, 1.165) is 0 Å². The molecule has 0 aromatic rings. The van der Waals surface area contributed by atoms with Crippen LogP contribution < -0.4 is 0 Å². The Labute approximate surface area is 103 Å². The number of carbonyl (C=O) groups excluding carboxylic acids is 2. The number of allylic oxidation sites excluding steroid dienone is 4. The van der Waals surface area contributed by atoms with Crippen molar-refractivity contribution in [3.8, 4) is 0 Å². The van der Waals surface area contributed by atoms with Crippen molar-refractivity contribution < 1.29 is 40.2 Å². The van der Waals surface area contributed by atoms with Crippen molar-refractivity contribution in [2.24, 2.45) is 0 Å². The molecule has 90 valence electrons. The summed E-state index contributed by atoms with van der Waals surface area (Å²) in [4.78, 5) is 20.0. The normalized spacial score (nSPS) is 10.7. The fraction of sp³-hybridized carbons (Fsp3) is 0.400. The summed E-state index contributed by atoms with van der Waals surface area (Å²) in [5.74, 6) is -0.125. The molecule has 0 aliphatic heterocycles. The first-order valence-electron chi connectivity index (χ1n) is 4.01. The van der Waals surface area contributed by atoms with Crippen LogP contribution in [0.25, 0.3) is 0 Å². The third kappa shape index (κ3) is 32.0. The predicted octanol–water partition coefficient (Wildman–Crippen LogP) is 2.07. The maximum atomic E-state index is 10.0. The van der Waals surface area contributed by atoms with Crippen LogP contribution in [0.5, 0.6) is 0 Å². The number of hydrogen-bond donors (Lipinski definition) is 2. The first-order valence-corrected chi connectivity index (χ1v) is 4.01. The number of aliphatic hydroxyl groups is 2. The largest absolute Gasteiger partial charge is 0.512 e. The first kappa shape index (κ1) is 19.6. The van der Waals surface area contributed by atoms with Gasteiger partial charge in [-0.3, -0.25) is 9.59 Å². The number of rotatable bonds is 2. The van der Waals surface area contributed by atoms with E-state index in [1.54, 1.807) is 0 Å². The van der Waals surface area contributed by atoms with Crippen LogP contribution in [0.1, 0.15) is 27.7 Å². The van der Waals surface area contributed by atoms with E-state index in [-0.39, 0.29) is 43.5 Å². The van der Waals surface area contributed by atoms with Crippen LogP contribution in [0, 0.1) is 0 Å². The van der Waals surface area contributed by atoms with Crippen molar-refractivity contribution in [2.45, 2.75) is 27.7 Å². The first-order chi connectivity index (χ1) is 6.25. The molecule has 0 unspecified atom stereocenters. The average molecular weight is 307 g/mol. The van der Waals surface area contributed by atoms with Gasteiger partial charge >= 0.3 is 0 Å². The van der Waals surface area contributed by atoms with Gasteiger partial charge in [-0.15, -0.1) is 0 Å². The second-order valence-electron chi connectivity index (χ2n) is 2.79. The average Bonchev–Trinajstić information content (AvgIpc) is 1.79. The van der Waals surface area contributed by atoms with Gasteiger partial charge in [-0.1, -0.05) is 0 Å². The predicted molar refractivity (Wildman–Crippen MR) is 54.1 cm³/mol. The monoisotopic (exact) mass is 306 g/mol. The van der Waals surface area contributed by atoms with Gasteiger partial charge in [0.2, 0.25) is 0 Å². The Bertz CT molecular complexity index is 231. The third-order valence-electron chi connectivity index (χ3n) is 0.824. The molecular formula is C10H16O4Pd. The maximum absolute atomic E-state index is 10.0. The Balaban J connectivity index is -0.000000180. The Morgan fingerprint density at radius 1 is 0.800 bits per heavy atom. The van der Waals surface area contributed by atoms with E-state index in [2.05, 4.69) is 0 Å². The van der Waals surface area contributed by atoms with Crippen LogP contribution in [-0.4, -0.2) is 21.8 Å². The number of carbonyl (C=O) groups is 2. The molecule has 0 aromatic carbocycles. The van der Waals surface area contributed by atoms with Crippen molar-refractivity contribution in [2.75, 3.05) is 0 Å². The maximum Gasteiger partial charge on any atom is 0.155 e. The molecule has 15 heavy (non-hydrogen) atoms. The van der Waals surface area contributed by atoms with Gasteiger partial charge in [0.05, 0.1) is 11.5 Å². The van der Waals surface area contributed by atoms with E-state index in [0.29, 0.717) is 0 Å².